The van der Waals surface area contributed by atoms with E-state index < -0.39 is 29.5 Å². The van der Waals surface area contributed by atoms with E-state index in [-0.39, 0.29) is 25.3 Å². The Kier molecular flexibility index (Phi) is 7.68. The van der Waals surface area contributed by atoms with Crippen LogP contribution >= 0.6 is 0 Å². The first-order valence-electron chi connectivity index (χ1n) is 10.3. The molecule has 11 nitrogen and oxygen atoms in total. The van der Waals surface area contributed by atoms with Gasteiger partial charge in [0.15, 0.2) is 5.96 Å². The average molecular weight is 451 g/mol. The quantitative estimate of drug-likeness (QED) is 0.192. The molecule has 0 fully saturated rings. The Bertz CT molecular complexity index is 1210. The SMILES string of the molecule is NC(N)=NCCCC(NC(=O)C(Cc1ccccc1)n1nnc2ccccc2c1=O)C(=O)O. The van der Waals surface area contributed by atoms with Gasteiger partial charge in [0.05, 0.1) is 5.39 Å². The molecule has 0 spiro atoms. The molecule has 0 aliphatic rings. The number of aliphatic imine (C=N–C) groups is 1. The predicted octanol–water partition coefficient (Wildman–Crippen LogP) is 0.198. The Hall–Kier alpha value is -4.28. The number of nitrogens with one attached hydrogen (secondary N) is 1. The molecule has 1 amide bonds. The molecule has 6 N–H and O–H groups in total. The summed E-state index contributed by atoms with van der Waals surface area (Å²) in [7, 11) is 0. The highest BCUT2D eigenvalue weighted by atomic mass is 16.4. The molecule has 0 radical (unpaired) electrons. The summed E-state index contributed by atoms with van der Waals surface area (Å²) in [4.78, 5) is 41.9. The number of aromatic nitrogens is 3. The highest BCUT2D eigenvalue weighted by molar-refractivity contribution is 5.86. The normalized spacial score (nSPS) is 12.6. The zero-order valence-electron chi connectivity index (χ0n) is 17.8. The topological polar surface area (TPSA) is 179 Å². The molecule has 1 heterocycles. The largest absolute Gasteiger partial charge is 0.480 e. The van der Waals surface area contributed by atoms with Crippen molar-refractivity contribution in [1.82, 2.24) is 20.3 Å². The third-order valence-corrected chi connectivity index (χ3v) is 5.02. The maximum Gasteiger partial charge on any atom is 0.326 e. The first kappa shape index (κ1) is 23.4. The molecule has 3 aromatic rings. The van der Waals surface area contributed by atoms with Gasteiger partial charge in [0, 0.05) is 13.0 Å². The summed E-state index contributed by atoms with van der Waals surface area (Å²) in [5.74, 6) is -1.95. The van der Waals surface area contributed by atoms with Gasteiger partial charge in [0.2, 0.25) is 5.91 Å². The zero-order valence-corrected chi connectivity index (χ0v) is 17.8. The molecule has 2 atom stereocenters. The van der Waals surface area contributed by atoms with Crippen LogP contribution in [-0.2, 0) is 16.0 Å². The lowest BCUT2D eigenvalue weighted by molar-refractivity contribution is -0.142. The highest BCUT2D eigenvalue weighted by Crippen LogP contribution is 2.15. The maximum atomic E-state index is 13.2. The molecule has 172 valence electrons. The molecule has 0 bridgehead atoms. The second-order valence-corrected chi connectivity index (χ2v) is 7.41. The number of nitrogens with two attached hydrogens (primary N) is 2. The van der Waals surface area contributed by atoms with E-state index in [1.54, 1.807) is 24.3 Å². The van der Waals surface area contributed by atoms with Gasteiger partial charge in [-0.2, -0.15) is 4.68 Å². The molecular formula is C22H25N7O4. The predicted molar refractivity (Wildman–Crippen MR) is 122 cm³/mol. The van der Waals surface area contributed by atoms with Crippen molar-refractivity contribution >= 4 is 28.7 Å². The van der Waals surface area contributed by atoms with E-state index in [9.17, 15) is 19.5 Å². The number of hydrogen-bond acceptors (Lipinski definition) is 6. The minimum absolute atomic E-state index is 0.0944. The van der Waals surface area contributed by atoms with Crippen LogP contribution < -0.4 is 22.3 Å². The van der Waals surface area contributed by atoms with Crippen molar-refractivity contribution in [3.8, 4) is 0 Å². The fourth-order valence-corrected chi connectivity index (χ4v) is 3.36. The fraction of sp³-hybridized carbons (Fsp3) is 0.273. The number of nitrogens with zero attached hydrogens (tertiary/aromatic N) is 4. The van der Waals surface area contributed by atoms with Crippen molar-refractivity contribution in [2.45, 2.75) is 31.3 Å². The van der Waals surface area contributed by atoms with E-state index in [4.69, 9.17) is 11.5 Å². The third kappa shape index (κ3) is 6.12. The van der Waals surface area contributed by atoms with Gasteiger partial charge in [0.1, 0.15) is 17.6 Å². The Morgan fingerprint density at radius 1 is 1.09 bits per heavy atom. The second-order valence-electron chi connectivity index (χ2n) is 7.41. The molecule has 33 heavy (non-hydrogen) atoms. The first-order valence-corrected chi connectivity index (χ1v) is 10.3. The number of benzene rings is 2. The highest BCUT2D eigenvalue weighted by Gasteiger charge is 2.28. The van der Waals surface area contributed by atoms with E-state index in [1.165, 1.54) is 0 Å². The van der Waals surface area contributed by atoms with Crippen molar-refractivity contribution in [3.63, 3.8) is 0 Å². The number of aliphatic carboxylic acids is 1. The summed E-state index contributed by atoms with van der Waals surface area (Å²) in [6.45, 7) is 0.227. The van der Waals surface area contributed by atoms with Crippen LogP contribution in [0.3, 0.4) is 0 Å². The summed E-state index contributed by atoms with van der Waals surface area (Å²) in [6.07, 6.45) is 0.572. The Morgan fingerprint density at radius 3 is 2.48 bits per heavy atom. The van der Waals surface area contributed by atoms with Crippen LogP contribution in [0.25, 0.3) is 10.9 Å². The molecule has 2 unspecified atom stereocenters. The van der Waals surface area contributed by atoms with Gasteiger partial charge in [-0.3, -0.25) is 14.6 Å². The zero-order chi connectivity index (χ0) is 23.8. The summed E-state index contributed by atoms with van der Waals surface area (Å²) < 4.78 is 1.00. The van der Waals surface area contributed by atoms with Gasteiger partial charge in [-0.25, -0.2) is 4.79 Å². The number of carboxylic acids is 1. The molecule has 0 saturated carbocycles. The minimum Gasteiger partial charge on any atom is -0.480 e. The Morgan fingerprint density at radius 2 is 1.79 bits per heavy atom. The van der Waals surface area contributed by atoms with Crippen molar-refractivity contribution < 1.29 is 14.7 Å². The molecule has 11 heteroatoms. The van der Waals surface area contributed by atoms with Crippen molar-refractivity contribution in [3.05, 3.63) is 70.5 Å². The van der Waals surface area contributed by atoms with Gasteiger partial charge in [-0.05, 0) is 30.5 Å². The lowest BCUT2D eigenvalue weighted by Crippen LogP contribution is -2.47. The maximum absolute atomic E-state index is 13.2. The number of fused-ring (bicyclic) bond motifs is 1. The van der Waals surface area contributed by atoms with E-state index in [0.29, 0.717) is 17.3 Å². The first-order chi connectivity index (χ1) is 15.9. The lowest BCUT2D eigenvalue weighted by Gasteiger charge is -2.21. The van der Waals surface area contributed by atoms with Crippen LogP contribution in [0.5, 0.6) is 0 Å². The van der Waals surface area contributed by atoms with Gasteiger partial charge < -0.3 is 21.9 Å². The van der Waals surface area contributed by atoms with E-state index in [1.807, 2.05) is 30.3 Å². The summed E-state index contributed by atoms with van der Waals surface area (Å²) in [6, 6.07) is 13.5. The van der Waals surface area contributed by atoms with Gasteiger partial charge >= 0.3 is 5.97 Å². The standard InChI is InChI=1S/C22H25N7O4/c23-22(24)25-12-6-11-17(21(32)33)26-19(30)18(13-14-7-2-1-3-8-14)29-20(31)15-9-4-5-10-16(15)27-28-29/h1-5,7-10,17-18H,6,11-13H2,(H,26,30)(H,32,33)(H4,23,24,25). The van der Waals surface area contributed by atoms with E-state index >= 15 is 0 Å². The molecule has 0 aliphatic carbocycles. The van der Waals surface area contributed by atoms with Crippen LogP contribution in [0.4, 0.5) is 0 Å². The number of carboxylic acid groups (broad SMARTS) is 1. The van der Waals surface area contributed by atoms with Crippen LogP contribution in [0, 0.1) is 0 Å². The van der Waals surface area contributed by atoms with Crippen molar-refractivity contribution in [2.24, 2.45) is 16.5 Å². The van der Waals surface area contributed by atoms with E-state index in [0.717, 1.165) is 10.2 Å². The smallest absolute Gasteiger partial charge is 0.326 e. The summed E-state index contributed by atoms with van der Waals surface area (Å²) in [5.41, 5.74) is 11.2. The molecule has 0 saturated heterocycles. The summed E-state index contributed by atoms with van der Waals surface area (Å²) >= 11 is 0. The second kappa shape index (κ2) is 10.8. The lowest BCUT2D eigenvalue weighted by atomic mass is 10.0. The molecule has 0 aliphatic heterocycles. The van der Waals surface area contributed by atoms with Gasteiger partial charge in [0.25, 0.3) is 5.56 Å². The average Bonchev–Trinajstić information content (AvgIpc) is 2.80. The van der Waals surface area contributed by atoms with E-state index in [2.05, 4.69) is 20.6 Å². The van der Waals surface area contributed by atoms with Gasteiger partial charge in [-0.1, -0.05) is 47.7 Å². The molecular weight excluding hydrogens is 426 g/mol. The van der Waals surface area contributed by atoms with Crippen LogP contribution in [0.2, 0.25) is 0 Å². The van der Waals surface area contributed by atoms with Crippen LogP contribution in [-0.4, -0.2) is 50.5 Å². The number of carbonyl (C=O) groups excluding carboxylic acids is 1. The summed E-state index contributed by atoms with van der Waals surface area (Å²) in [5, 5.41) is 20.4. The van der Waals surface area contributed by atoms with Gasteiger partial charge in [-0.15, -0.1) is 5.10 Å². The number of carbonyl (C=O) groups is 2. The van der Waals surface area contributed by atoms with Crippen LogP contribution in [0.1, 0.15) is 24.4 Å². The minimum atomic E-state index is -1.21. The monoisotopic (exact) mass is 451 g/mol. The third-order valence-electron chi connectivity index (χ3n) is 5.02. The Balaban J connectivity index is 1.90. The number of guanidine groups is 1. The number of rotatable bonds is 10. The molecule has 3 rings (SSSR count). The fourth-order valence-electron chi connectivity index (χ4n) is 3.36. The van der Waals surface area contributed by atoms with Crippen molar-refractivity contribution in [1.29, 1.82) is 0 Å². The van der Waals surface area contributed by atoms with Crippen LogP contribution in [0.15, 0.2) is 64.4 Å². The van der Waals surface area contributed by atoms with Crippen molar-refractivity contribution in [2.75, 3.05) is 6.54 Å². The molecule has 2 aromatic carbocycles. The number of amides is 1. The Labute approximate surface area is 189 Å². The molecule has 1 aromatic heterocycles. The number of hydrogen-bond donors (Lipinski definition) is 4.